The van der Waals surface area contributed by atoms with Crippen molar-refractivity contribution < 1.29 is 4.74 Å². The highest BCUT2D eigenvalue weighted by Crippen LogP contribution is 2.31. The highest BCUT2D eigenvalue weighted by Gasteiger charge is 2.12. The van der Waals surface area contributed by atoms with E-state index < -0.39 is 0 Å². The molecule has 108 valence electrons. The largest absolute Gasteiger partial charge is 0.494 e. The van der Waals surface area contributed by atoms with Gasteiger partial charge in [-0.1, -0.05) is 11.3 Å². The van der Waals surface area contributed by atoms with Crippen LogP contribution in [-0.4, -0.2) is 24.7 Å². The Kier molecular flexibility index (Phi) is 5.36. The molecule has 5 nitrogen and oxygen atoms in total. The summed E-state index contributed by atoms with van der Waals surface area (Å²) >= 11 is 1.56. The van der Waals surface area contributed by atoms with Crippen molar-refractivity contribution in [3.8, 4) is 17.9 Å². The standard InChI is InChI=1S/C15H16N4OS/c1-2-20-12-5-6-13-14(11-12)21-15(18-13)19(9-3-7-16)10-4-8-17/h5-6,11H,2-4,9-10H2,1H3. The highest BCUT2D eigenvalue weighted by molar-refractivity contribution is 7.22. The monoisotopic (exact) mass is 300 g/mol. The third-order valence-corrected chi connectivity index (χ3v) is 4.00. The number of rotatable bonds is 7. The second-order valence-electron chi connectivity index (χ2n) is 4.36. The molecule has 0 saturated carbocycles. The van der Waals surface area contributed by atoms with E-state index in [1.807, 2.05) is 30.0 Å². The number of hydrogen-bond acceptors (Lipinski definition) is 6. The van der Waals surface area contributed by atoms with Gasteiger partial charge < -0.3 is 9.64 Å². The summed E-state index contributed by atoms with van der Waals surface area (Å²) in [4.78, 5) is 6.59. The molecule has 0 aliphatic heterocycles. The maximum absolute atomic E-state index is 8.75. The summed E-state index contributed by atoms with van der Waals surface area (Å²) < 4.78 is 6.54. The first-order valence-electron chi connectivity index (χ1n) is 6.80. The van der Waals surface area contributed by atoms with Crippen LogP contribution in [-0.2, 0) is 0 Å². The Balaban J connectivity index is 2.25. The van der Waals surface area contributed by atoms with E-state index in [4.69, 9.17) is 15.3 Å². The van der Waals surface area contributed by atoms with Crippen LogP contribution in [0.5, 0.6) is 5.75 Å². The zero-order valence-corrected chi connectivity index (χ0v) is 12.7. The number of nitrogens with zero attached hydrogens (tertiary/aromatic N) is 4. The lowest BCUT2D eigenvalue weighted by Crippen LogP contribution is -2.25. The topological polar surface area (TPSA) is 72.9 Å². The summed E-state index contributed by atoms with van der Waals surface area (Å²) in [6, 6.07) is 10.1. The number of aromatic nitrogens is 1. The number of ether oxygens (including phenoxy) is 1. The van der Waals surface area contributed by atoms with Gasteiger partial charge in [0.2, 0.25) is 0 Å². The van der Waals surface area contributed by atoms with Crippen molar-refractivity contribution in [1.82, 2.24) is 4.98 Å². The Bertz CT molecular complexity index is 665. The van der Waals surface area contributed by atoms with Gasteiger partial charge in [-0.05, 0) is 25.1 Å². The molecule has 2 aromatic rings. The first kappa shape index (κ1) is 15.1. The Morgan fingerprint density at radius 1 is 1.24 bits per heavy atom. The lowest BCUT2D eigenvalue weighted by Gasteiger charge is -2.18. The Hall–Kier alpha value is -2.31. The molecule has 0 amide bonds. The van der Waals surface area contributed by atoms with Gasteiger partial charge in [-0.2, -0.15) is 10.5 Å². The van der Waals surface area contributed by atoms with Crippen molar-refractivity contribution in [2.24, 2.45) is 0 Å². The summed E-state index contributed by atoms with van der Waals surface area (Å²) in [5, 5.41) is 18.3. The minimum atomic E-state index is 0.422. The van der Waals surface area contributed by atoms with Crippen molar-refractivity contribution in [2.75, 3.05) is 24.6 Å². The number of nitriles is 2. The molecule has 2 rings (SSSR count). The molecule has 0 unspecified atom stereocenters. The number of fused-ring (bicyclic) bond motifs is 1. The normalized spacial score (nSPS) is 10.0. The van der Waals surface area contributed by atoms with Crippen molar-refractivity contribution in [2.45, 2.75) is 19.8 Å². The molecule has 0 saturated heterocycles. The van der Waals surface area contributed by atoms with Gasteiger partial charge in [0.05, 0.1) is 41.8 Å². The molecule has 1 aromatic carbocycles. The molecular formula is C15H16N4OS. The predicted octanol–water partition coefficient (Wildman–Crippen LogP) is 3.33. The zero-order valence-electron chi connectivity index (χ0n) is 11.9. The van der Waals surface area contributed by atoms with E-state index in [2.05, 4.69) is 17.1 Å². The van der Waals surface area contributed by atoms with E-state index in [1.54, 1.807) is 11.3 Å². The van der Waals surface area contributed by atoms with Crippen LogP contribution in [0, 0.1) is 22.7 Å². The SMILES string of the molecule is CCOc1ccc2nc(N(CCC#N)CCC#N)sc2c1. The summed E-state index contributed by atoms with van der Waals surface area (Å²) in [5.74, 6) is 0.834. The fraction of sp³-hybridized carbons (Fsp3) is 0.400. The predicted molar refractivity (Wildman–Crippen MR) is 83.5 cm³/mol. The smallest absolute Gasteiger partial charge is 0.186 e. The highest BCUT2D eigenvalue weighted by atomic mass is 32.1. The van der Waals surface area contributed by atoms with Crippen molar-refractivity contribution >= 4 is 26.7 Å². The molecule has 0 atom stereocenters. The zero-order chi connectivity index (χ0) is 15.1. The summed E-state index contributed by atoms with van der Waals surface area (Å²) in [6.07, 6.45) is 0.844. The quantitative estimate of drug-likeness (QED) is 0.784. The maximum atomic E-state index is 8.75. The van der Waals surface area contributed by atoms with Crippen molar-refractivity contribution in [3.05, 3.63) is 18.2 Å². The van der Waals surface area contributed by atoms with Gasteiger partial charge in [0.15, 0.2) is 5.13 Å². The third kappa shape index (κ3) is 3.84. The first-order valence-corrected chi connectivity index (χ1v) is 7.62. The lowest BCUT2D eigenvalue weighted by molar-refractivity contribution is 0.341. The molecule has 1 heterocycles. The van der Waals surface area contributed by atoms with E-state index in [1.165, 1.54) is 0 Å². The van der Waals surface area contributed by atoms with Gasteiger partial charge in [-0.15, -0.1) is 0 Å². The van der Waals surface area contributed by atoms with Crippen LogP contribution in [0.2, 0.25) is 0 Å². The number of thiazole rings is 1. The molecule has 21 heavy (non-hydrogen) atoms. The van der Waals surface area contributed by atoms with E-state index in [-0.39, 0.29) is 0 Å². The van der Waals surface area contributed by atoms with Gasteiger partial charge >= 0.3 is 0 Å². The molecule has 0 aliphatic carbocycles. The summed E-state index contributed by atoms with van der Waals surface area (Å²) in [6.45, 7) is 3.77. The molecule has 0 bridgehead atoms. The van der Waals surface area contributed by atoms with Crippen LogP contribution in [0.4, 0.5) is 5.13 Å². The number of hydrogen-bond donors (Lipinski definition) is 0. The maximum Gasteiger partial charge on any atom is 0.186 e. The van der Waals surface area contributed by atoms with Crippen LogP contribution in [0.25, 0.3) is 10.2 Å². The fourth-order valence-electron chi connectivity index (χ4n) is 1.96. The second kappa shape index (κ2) is 7.47. The van der Waals surface area contributed by atoms with E-state index >= 15 is 0 Å². The van der Waals surface area contributed by atoms with Crippen LogP contribution >= 0.6 is 11.3 Å². The summed E-state index contributed by atoms with van der Waals surface area (Å²) in [7, 11) is 0. The minimum Gasteiger partial charge on any atom is -0.494 e. The minimum absolute atomic E-state index is 0.422. The lowest BCUT2D eigenvalue weighted by atomic mass is 10.3. The average molecular weight is 300 g/mol. The van der Waals surface area contributed by atoms with Crippen molar-refractivity contribution in [3.63, 3.8) is 0 Å². The van der Waals surface area contributed by atoms with Crippen LogP contribution in [0.3, 0.4) is 0 Å². The van der Waals surface area contributed by atoms with Crippen molar-refractivity contribution in [1.29, 1.82) is 10.5 Å². The van der Waals surface area contributed by atoms with E-state index in [0.29, 0.717) is 32.5 Å². The molecular weight excluding hydrogens is 284 g/mol. The first-order chi connectivity index (χ1) is 10.3. The van der Waals surface area contributed by atoms with E-state index in [9.17, 15) is 0 Å². The molecule has 0 aliphatic rings. The van der Waals surface area contributed by atoms with Gasteiger partial charge in [0.25, 0.3) is 0 Å². The van der Waals surface area contributed by atoms with Crippen LogP contribution in [0.1, 0.15) is 19.8 Å². The molecule has 0 N–H and O–H groups in total. The molecule has 0 fully saturated rings. The third-order valence-electron chi connectivity index (χ3n) is 2.92. The average Bonchev–Trinajstić information content (AvgIpc) is 2.91. The van der Waals surface area contributed by atoms with E-state index in [0.717, 1.165) is 21.1 Å². The second-order valence-corrected chi connectivity index (χ2v) is 5.37. The Morgan fingerprint density at radius 3 is 2.57 bits per heavy atom. The van der Waals surface area contributed by atoms with Gasteiger partial charge in [-0.25, -0.2) is 4.98 Å². The van der Waals surface area contributed by atoms with Gasteiger partial charge in [0.1, 0.15) is 5.75 Å². The summed E-state index contributed by atoms with van der Waals surface area (Å²) in [5.41, 5.74) is 0.914. The van der Waals surface area contributed by atoms with Gasteiger partial charge in [-0.3, -0.25) is 0 Å². The van der Waals surface area contributed by atoms with Gasteiger partial charge in [0, 0.05) is 13.1 Å². The molecule has 6 heteroatoms. The number of benzene rings is 1. The Labute approximate surface area is 128 Å². The molecule has 1 aromatic heterocycles. The molecule has 0 radical (unpaired) electrons. The van der Waals surface area contributed by atoms with Crippen LogP contribution < -0.4 is 9.64 Å². The fourth-order valence-corrected chi connectivity index (χ4v) is 3.00. The number of anilines is 1. The van der Waals surface area contributed by atoms with Crippen LogP contribution in [0.15, 0.2) is 18.2 Å². The molecule has 0 spiro atoms. The Morgan fingerprint density at radius 2 is 1.95 bits per heavy atom.